The molecule has 4 aromatic carbocycles. The third-order valence-corrected chi connectivity index (χ3v) is 7.31. The van der Waals surface area contributed by atoms with Gasteiger partial charge in [-0.05, 0) is 86.5 Å². The number of carbonyl (C=O) groups is 2. The number of carbonyl (C=O) groups excluding carboxylic acids is 2. The Morgan fingerprint density at radius 1 is 0.946 bits per heavy atom. The Labute approximate surface area is 236 Å². The summed E-state index contributed by atoms with van der Waals surface area (Å²) in [5.74, 6) is 0.790. The predicted molar refractivity (Wildman–Crippen MR) is 155 cm³/mol. The molecule has 1 N–H and O–H groups in total. The lowest BCUT2D eigenvalue weighted by Gasteiger charge is -2.14. The van der Waals surface area contributed by atoms with Gasteiger partial charge < -0.3 is 14.8 Å². The first kappa shape index (κ1) is 25.3. The molecular formula is C29H22BrIN2O4. The Hall–Kier alpha value is -3.37. The van der Waals surface area contributed by atoms with Crippen LogP contribution in [0.15, 0.2) is 89.0 Å². The summed E-state index contributed by atoms with van der Waals surface area (Å²) in [5, 5.41) is 5.02. The normalized spacial score (nSPS) is 14.4. The van der Waals surface area contributed by atoms with Gasteiger partial charge in [0.15, 0.2) is 11.5 Å². The highest BCUT2D eigenvalue weighted by atomic mass is 127. The van der Waals surface area contributed by atoms with E-state index >= 15 is 0 Å². The van der Waals surface area contributed by atoms with Crippen LogP contribution >= 0.6 is 38.5 Å². The Morgan fingerprint density at radius 3 is 2.43 bits per heavy atom. The van der Waals surface area contributed by atoms with Gasteiger partial charge in [0.05, 0.1) is 17.2 Å². The molecular weight excluding hydrogens is 647 g/mol. The van der Waals surface area contributed by atoms with Crippen LogP contribution in [-0.4, -0.2) is 23.9 Å². The second kappa shape index (κ2) is 10.9. The number of hydrogen-bond donors (Lipinski definition) is 1. The molecule has 6 nitrogen and oxygen atoms in total. The van der Waals surface area contributed by atoms with Gasteiger partial charge in [0.1, 0.15) is 12.3 Å². The third-order valence-electron chi connectivity index (χ3n) is 5.98. The van der Waals surface area contributed by atoms with Crippen LogP contribution in [0.4, 0.5) is 4.79 Å². The van der Waals surface area contributed by atoms with E-state index in [0.29, 0.717) is 23.7 Å². The first-order valence-electron chi connectivity index (χ1n) is 11.5. The van der Waals surface area contributed by atoms with Crippen molar-refractivity contribution >= 4 is 67.3 Å². The van der Waals surface area contributed by atoms with Crippen LogP contribution in [0.25, 0.3) is 16.8 Å². The van der Waals surface area contributed by atoms with Crippen LogP contribution < -0.4 is 14.8 Å². The van der Waals surface area contributed by atoms with Gasteiger partial charge in [-0.15, -0.1) is 0 Å². The van der Waals surface area contributed by atoms with Crippen molar-refractivity contribution in [2.24, 2.45) is 0 Å². The molecule has 0 aromatic heterocycles. The lowest BCUT2D eigenvalue weighted by atomic mass is 10.1. The van der Waals surface area contributed by atoms with Crippen LogP contribution in [0.1, 0.15) is 16.7 Å². The second-order valence-electron chi connectivity index (χ2n) is 8.51. The fraction of sp³-hybridized carbons (Fsp3) is 0.103. The lowest BCUT2D eigenvalue weighted by molar-refractivity contribution is -0.123. The molecule has 37 heavy (non-hydrogen) atoms. The summed E-state index contributed by atoms with van der Waals surface area (Å²) >= 11 is 5.58. The Kier molecular flexibility index (Phi) is 7.48. The van der Waals surface area contributed by atoms with E-state index in [1.807, 2.05) is 42.5 Å². The summed E-state index contributed by atoms with van der Waals surface area (Å²) in [7, 11) is 1.58. The second-order valence-corrected chi connectivity index (χ2v) is 10.6. The van der Waals surface area contributed by atoms with Gasteiger partial charge in [0.2, 0.25) is 0 Å². The zero-order chi connectivity index (χ0) is 25.9. The van der Waals surface area contributed by atoms with Crippen LogP contribution in [0.5, 0.6) is 11.5 Å². The number of halogens is 2. The largest absolute Gasteiger partial charge is 0.493 e. The Balaban J connectivity index is 1.33. The summed E-state index contributed by atoms with van der Waals surface area (Å²) in [6.07, 6.45) is 1.65. The summed E-state index contributed by atoms with van der Waals surface area (Å²) in [5.41, 5.74) is 2.84. The number of nitrogens with zero attached hydrogens (tertiary/aromatic N) is 1. The molecule has 0 aliphatic carbocycles. The van der Waals surface area contributed by atoms with Crippen molar-refractivity contribution in [3.63, 3.8) is 0 Å². The maximum Gasteiger partial charge on any atom is 0.329 e. The zero-order valence-corrected chi connectivity index (χ0v) is 23.6. The number of fused-ring (bicyclic) bond motifs is 1. The Morgan fingerprint density at radius 2 is 1.68 bits per heavy atom. The fourth-order valence-corrected chi connectivity index (χ4v) is 5.15. The summed E-state index contributed by atoms with van der Waals surface area (Å²) in [6, 6.07) is 25.2. The molecule has 3 amide bonds. The molecule has 0 bridgehead atoms. The quantitative estimate of drug-likeness (QED) is 0.132. The smallest absolute Gasteiger partial charge is 0.329 e. The number of methoxy groups -OCH3 is 1. The van der Waals surface area contributed by atoms with E-state index in [1.54, 1.807) is 19.3 Å². The molecule has 0 spiro atoms. The minimum Gasteiger partial charge on any atom is -0.493 e. The number of urea groups is 1. The minimum atomic E-state index is -0.448. The molecule has 0 atom stereocenters. The van der Waals surface area contributed by atoms with Crippen molar-refractivity contribution in [1.82, 2.24) is 10.2 Å². The van der Waals surface area contributed by atoms with Crippen LogP contribution in [-0.2, 0) is 17.9 Å². The molecule has 1 aliphatic heterocycles. The van der Waals surface area contributed by atoms with E-state index in [0.717, 1.165) is 24.6 Å². The van der Waals surface area contributed by atoms with Crippen molar-refractivity contribution in [3.8, 4) is 11.5 Å². The molecule has 8 heteroatoms. The van der Waals surface area contributed by atoms with Gasteiger partial charge in [-0.1, -0.05) is 64.5 Å². The summed E-state index contributed by atoms with van der Waals surface area (Å²) in [6.45, 7) is 0.578. The number of ether oxygens (including phenoxy) is 2. The molecule has 5 rings (SSSR count). The maximum atomic E-state index is 13.0. The fourth-order valence-electron chi connectivity index (χ4n) is 4.10. The lowest BCUT2D eigenvalue weighted by Crippen LogP contribution is -2.30. The van der Waals surface area contributed by atoms with Gasteiger partial charge >= 0.3 is 6.03 Å². The molecule has 1 saturated heterocycles. The average Bonchev–Trinajstić information content (AvgIpc) is 3.16. The molecule has 0 saturated carbocycles. The first-order valence-corrected chi connectivity index (χ1v) is 13.4. The molecule has 1 heterocycles. The predicted octanol–water partition coefficient (Wildman–Crippen LogP) is 6.89. The van der Waals surface area contributed by atoms with Gasteiger partial charge in [-0.25, -0.2) is 4.79 Å². The number of nitrogens with one attached hydrogen (secondary N) is 1. The van der Waals surface area contributed by atoms with Crippen LogP contribution in [0.2, 0.25) is 0 Å². The van der Waals surface area contributed by atoms with E-state index in [4.69, 9.17) is 9.47 Å². The SMILES string of the molecule is COc1cc(/C=C2/NC(=O)N(Cc3ccc(Br)cc3)C2=O)cc(I)c1OCc1ccc2ccccc2c1. The molecule has 186 valence electrons. The maximum absolute atomic E-state index is 13.0. The van der Waals surface area contributed by atoms with Crippen molar-refractivity contribution in [2.75, 3.05) is 7.11 Å². The number of imide groups is 1. The van der Waals surface area contributed by atoms with Crippen LogP contribution in [0, 0.1) is 3.57 Å². The third kappa shape index (κ3) is 5.65. The van der Waals surface area contributed by atoms with Gasteiger partial charge in [0, 0.05) is 4.47 Å². The highest BCUT2D eigenvalue weighted by Crippen LogP contribution is 2.35. The highest BCUT2D eigenvalue weighted by Gasteiger charge is 2.33. The average molecular weight is 669 g/mol. The van der Waals surface area contributed by atoms with E-state index < -0.39 is 6.03 Å². The van der Waals surface area contributed by atoms with Crippen molar-refractivity contribution in [1.29, 1.82) is 0 Å². The van der Waals surface area contributed by atoms with Crippen molar-refractivity contribution in [2.45, 2.75) is 13.2 Å². The van der Waals surface area contributed by atoms with E-state index in [2.05, 4.69) is 74.2 Å². The minimum absolute atomic E-state index is 0.192. The topological polar surface area (TPSA) is 67.9 Å². The summed E-state index contributed by atoms with van der Waals surface area (Å²) in [4.78, 5) is 26.7. The van der Waals surface area contributed by atoms with Gasteiger partial charge in [-0.2, -0.15) is 0 Å². The van der Waals surface area contributed by atoms with E-state index in [9.17, 15) is 9.59 Å². The van der Waals surface area contributed by atoms with Gasteiger partial charge in [-0.3, -0.25) is 9.69 Å². The molecule has 0 radical (unpaired) electrons. The van der Waals surface area contributed by atoms with Gasteiger partial charge in [0.25, 0.3) is 5.91 Å². The van der Waals surface area contributed by atoms with E-state index in [-0.39, 0.29) is 18.1 Å². The highest BCUT2D eigenvalue weighted by molar-refractivity contribution is 14.1. The molecule has 1 fully saturated rings. The molecule has 1 aliphatic rings. The standard InChI is InChI=1S/C29H22BrIN2O4/c1-36-26-15-20(14-25-28(34)33(29(35)32-25)16-18-7-10-23(30)11-8-18)13-24(31)27(26)37-17-19-6-9-21-4-2-3-5-22(21)12-19/h2-15H,16-17H2,1H3,(H,32,35)/b25-14+. The first-order chi connectivity index (χ1) is 17.9. The Bertz CT molecular complexity index is 1540. The number of hydrogen-bond acceptors (Lipinski definition) is 4. The van der Waals surface area contributed by atoms with E-state index in [1.165, 1.54) is 10.3 Å². The monoisotopic (exact) mass is 668 g/mol. The zero-order valence-electron chi connectivity index (χ0n) is 19.8. The summed E-state index contributed by atoms with van der Waals surface area (Å²) < 4.78 is 13.5. The van der Waals surface area contributed by atoms with Crippen molar-refractivity contribution < 1.29 is 19.1 Å². The molecule has 0 unspecified atom stereocenters. The van der Waals surface area contributed by atoms with Crippen LogP contribution in [0.3, 0.4) is 0 Å². The number of benzene rings is 4. The molecule has 4 aromatic rings. The number of amides is 3. The van der Waals surface area contributed by atoms with Crippen molar-refractivity contribution in [3.05, 3.63) is 109 Å². The number of rotatable bonds is 7.